The molecule has 2 aromatic rings. The van der Waals surface area contributed by atoms with Gasteiger partial charge in [-0.25, -0.2) is 13.4 Å². The maximum absolute atomic E-state index is 12.7. The van der Waals surface area contributed by atoms with E-state index in [0.717, 1.165) is 0 Å². The molecule has 0 unspecified atom stereocenters. The number of halogens is 4. The van der Waals surface area contributed by atoms with Crippen LogP contribution >= 0.6 is 11.6 Å². The Morgan fingerprint density at radius 1 is 1.17 bits per heavy atom. The summed E-state index contributed by atoms with van der Waals surface area (Å²) in [5.74, 6) is -0.373. The first kappa shape index (κ1) is 17.5. The van der Waals surface area contributed by atoms with Crippen molar-refractivity contribution in [3.8, 4) is 0 Å². The minimum absolute atomic E-state index is 0.00873. The van der Waals surface area contributed by atoms with Crippen molar-refractivity contribution in [2.24, 2.45) is 0 Å². The van der Waals surface area contributed by atoms with Gasteiger partial charge in [-0.15, -0.1) is 4.83 Å². The van der Waals surface area contributed by atoms with E-state index in [9.17, 15) is 21.6 Å². The largest absolute Gasteiger partial charge is 0.416 e. The number of hydrazine groups is 1. The molecule has 0 aliphatic carbocycles. The average molecular weight is 366 g/mol. The van der Waals surface area contributed by atoms with E-state index in [1.54, 1.807) is 19.1 Å². The second-order valence-electron chi connectivity index (χ2n) is 4.56. The second-order valence-corrected chi connectivity index (χ2v) is 6.60. The normalized spacial score (nSPS) is 12.2. The van der Waals surface area contributed by atoms with E-state index in [-0.39, 0.29) is 10.7 Å². The molecule has 124 valence electrons. The lowest BCUT2D eigenvalue weighted by atomic mass is 10.2. The zero-order chi connectivity index (χ0) is 17.3. The summed E-state index contributed by atoms with van der Waals surface area (Å²) in [6.07, 6.45) is -4.63. The first-order chi connectivity index (χ1) is 10.6. The van der Waals surface area contributed by atoms with Crippen molar-refractivity contribution >= 4 is 27.4 Å². The maximum Gasteiger partial charge on any atom is 0.416 e. The fourth-order valence-electron chi connectivity index (χ4n) is 1.76. The zero-order valence-corrected chi connectivity index (χ0v) is 13.2. The van der Waals surface area contributed by atoms with Crippen LogP contribution in [0.3, 0.4) is 0 Å². The molecule has 0 fully saturated rings. The van der Waals surface area contributed by atoms with Gasteiger partial charge < -0.3 is 0 Å². The summed E-state index contributed by atoms with van der Waals surface area (Å²) < 4.78 is 62.3. The van der Waals surface area contributed by atoms with Crippen LogP contribution in [0.25, 0.3) is 0 Å². The number of nitrogens with zero attached hydrogens (tertiary/aromatic N) is 1. The number of aromatic nitrogens is 1. The number of benzene rings is 1. The van der Waals surface area contributed by atoms with E-state index in [1.807, 2.05) is 4.83 Å². The molecule has 0 bridgehead atoms. The molecule has 0 saturated carbocycles. The summed E-state index contributed by atoms with van der Waals surface area (Å²) in [6, 6.07) is 7.44. The van der Waals surface area contributed by atoms with Gasteiger partial charge in [0.05, 0.1) is 10.5 Å². The molecule has 23 heavy (non-hydrogen) atoms. The first-order valence-corrected chi connectivity index (χ1v) is 8.04. The number of nitrogens with one attached hydrogen (secondary N) is 2. The van der Waals surface area contributed by atoms with Gasteiger partial charge in [0.1, 0.15) is 11.0 Å². The molecule has 0 aliphatic heterocycles. The van der Waals surface area contributed by atoms with Crippen LogP contribution in [-0.2, 0) is 16.2 Å². The molecule has 1 aromatic heterocycles. The predicted octanol–water partition coefficient (Wildman–Crippen LogP) is 3.37. The Morgan fingerprint density at radius 3 is 2.43 bits per heavy atom. The number of alkyl halides is 3. The van der Waals surface area contributed by atoms with E-state index in [1.165, 1.54) is 12.1 Å². The predicted molar refractivity (Wildman–Crippen MR) is 79.4 cm³/mol. The van der Waals surface area contributed by atoms with Gasteiger partial charge in [0.25, 0.3) is 10.0 Å². The van der Waals surface area contributed by atoms with Crippen LogP contribution in [0.4, 0.5) is 19.0 Å². The smallest absolute Gasteiger partial charge is 0.292 e. The third kappa shape index (κ3) is 4.34. The van der Waals surface area contributed by atoms with Gasteiger partial charge in [0.15, 0.2) is 0 Å². The van der Waals surface area contributed by atoms with Crippen molar-refractivity contribution in [2.45, 2.75) is 18.0 Å². The van der Waals surface area contributed by atoms with Gasteiger partial charge in [-0.1, -0.05) is 29.8 Å². The molecular weight excluding hydrogens is 355 g/mol. The van der Waals surface area contributed by atoms with Crippen LogP contribution in [0.1, 0.15) is 11.1 Å². The van der Waals surface area contributed by atoms with Crippen molar-refractivity contribution in [2.75, 3.05) is 5.43 Å². The Bertz CT molecular complexity index is 825. The number of pyridine rings is 1. The summed E-state index contributed by atoms with van der Waals surface area (Å²) in [5.41, 5.74) is 1.57. The van der Waals surface area contributed by atoms with E-state index < -0.39 is 26.9 Å². The van der Waals surface area contributed by atoms with Crippen LogP contribution in [0.2, 0.25) is 5.15 Å². The molecule has 10 heteroatoms. The molecule has 1 heterocycles. The molecule has 2 N–H and O–H groups in total. The Hall–Kier alpha value is -1.84. The first-order valence-electron chi connectivity index (χ1n) is 6.18. The minimum atomic E-state index is -4.63. The number of hydrogen-bond acceptors (Lipinski definition) is 4. The monoisotopic (exact) mass is 365 g/mol. The molecular formula is C13H11ClF3N3O2S. The van der Waals surface area contributed by atoms with Crippen LogP contribution in [0.15, 0.2) is 41.3 Å². The standard InChI is InChI=1S/C13H11ClF3N3O2S/c1-8-4-2-3-5-10(8)23(21,22)20-19-12-7-9(13(15,16)17)6-11(14)18-12/h2-7,20H,1H3,(H,18,19). The lowest BCUT2D eigenvalue weighted by molar-refractivity contribution is -0.137. The van der Waals surface area contributed by atoms with Crippen molar-refractivity contribution in [3.63, 3.8) is 0 Å². The second kappa shape index (κ2) is 6.34. The van der Waals surface area contributed by atoms with E-state index in [2.05, 4.69) is 10.4 Å². The molecule has 0 aliphatic rings. The summed E-state index contributed by atoms with van der Waals surface area (Å²) in [6.45, 7) is 1.59. The number of rotatable bonds is 4. The topological polar surface area (TPSA) is 71.1 Å². The molecule has 1 aromatic carbocycles. The van der Waals surface area contributed by atoms with Crippen LogP contribution in [-0.4, -0.2) is 13.4 Å². The highest BCUT2D eigenvalue weighted by Gasteiger charge is 2.31. The Balaban J connectivity index is 2.24. The number of anilines is 1. The summed E-state index contributed by atoms with van der Waals surface area (Å²) >= 11 is 5.52. The van der Waals surface area contributed by atoms with Gasteiger partial charge in [-0.05, 0) is 30.7 Å². The molecule has 0 amide bonds. The summed E-state index contributed by atoms with van der Waals surface area (Å²) in [4.78, 5) is 5.56. The number of hydrogen-bond donors (Lipinski definition) is 2. The summed E-state index contributed by atoms with van der Waals surface area (Å²) in [7, 11) is -3.98. The van der Waals surface area contributed by atoms with Crippen LogP contribution in [0.5, 0.6) is 0 Å². The van der Waals surface area contributed by atoms with Crippen molar-refractivity contribution < 1.29 is 21.6 Å². The Kier molecular flexibility index (Phi) is 4.83. The molecule has 0 atom stereocenters. The van der Waals surface area contributed by atoms with E-state index in [0.29, 0.717) is 17.7 Å². The zero-order valence-electron chi connectivity index (χ0n) is 11.6. The summed E-state index contributed by atoms with van der Waals surface area (Å²) in [5, 5.41) is -0.419. The SMILES string of the molecule is Cc1ccccc1S(=O)(=O)NNc1cc(C(F)(F)F)cc(Cl)n1. The van der Waals surface area contributed by atoms with Gasteiger partial charge in [0, 0.05) is 0 Å². The lowest BCUT2D eigenvalue weighted by Crippen LogP contribution is -2.30. The van der Waals surface area contributed by atoms with E-state index >= 15 is 0 Å². The molecule has 0 spiro atoms. The molecule has 0 saturated heterocycles. The highest BCUT2D eigenvalue weighted by Crippen LogP contribution is 2.31. The maximum atomic E-state index is 12.7. The third-order valence-corrected chi connectivity index (χ3v) is 4.42. The van der Waals surface area contributed by atoms with Crippen LogP contribution in [0, 0.1) is 6.92 Å². The quantitative estimate of drug-likeness (QED) is 0.643. The van der Waals surface area contributed by atoms with Gasteiger partial charge in [-0.2, -0.15) is 13.2 Å². The molecule has 2 rings (SSSR count). The van der Waals surface area contributed by atoms with Crippen molar-refractivity contribution in [1.82, 2.24) is 9.82 Å². The van der Waals surface area contributed by atoms with Gasteiger partial charge in [0.2, 0.25) is 0 Å². The average Bonchev–Trinajstić information content (AvgIpc) is 2.44. The fourth-order valence-corrected chi connectivity index (χ4v) is 3.06. The number of aryl methyl sites for hydroxylation is 1. The lowest BCUT2D eigenvalue weighted by Gasteiger charge is -2.12. The number of sulfonamides is 1. The van der Waals surface area contributed by atoms with Crippen molar-refractivity contribution in [3.05, 3.63) is 52.7 Å². The highest BCUT2D eigenvalue weighted by molar-refractivity contribution is 7.89. The third-order valence-electron chi connectivity index (χ3n) is 2.82. The Morgan fingerprint density at radius 2 is 1.83 bits per heavy atom. The van der Waals surface area contributed by atoms with E-state index in [4.69, 9.17) is 11.6 Å². The Labute approximate surface area is 135 Å². The highest BCUT2D eigenvalue weighted by atomic mass is 35.5. The molecule has 5 nitrogen and oxygen atoms in total. The molecule has 0 radical (unpaired) electrons. The minimum Gasteiger partial charge on any atom is -0.292 e. The van der Waals surface area contributed by atoms with Crippen molar-refractivity contribution in [1.29, 1.82) is 0 Å². The van der Waals surface area contributed by atoms with Crippen LogP contribution < -0.4 is 10.3 Å². The van der Waals surface area contributed by atoms with Gasteiger partial charge >= 0.3 is 6.18 Å². The fraction of sp³-hybridized carbons (Fsp3) is 0.154. The van der Waals surface area contributed by atoms with Gasteiger partial charge in [-0.3, -0.25) is 5.43 Å².